The number of carbonyl (C=O) groups excluding carboxylic acids is 1. The van der Waals surface area contributed by atoms with E-state index >= 15 is 0 Å². The number of anilines is 1. The molecular weight excluding hydrogens is 389 g/mol. The molecule has 6 nitrogen and oxygen atoms in total. The molecule has 1 amide bonds. The molecule has 146 valence electrons. The lowest BCUT2D eigenvalue weighted by molar-refractivity contribution is -0.120. The zero-order chi connectivity index (χ0) is 20.2. The first-order chi connectivity index (χ1) is 14.1. The van der Waals surface area contributed by atoms with E-state index in [9.17, 15) is 9.18 Å². The van der Waals surface area contributed by atoms with Crippen LogP contribution in [0, 0.1) is 5.82 Å². The standard InChI is InChI=1S/C21H18FN5OS/c1-23-18(28)10-17-26-20(25-11-15-4-2-3-9-24-15)19-16(12-29-21(19)27-17)13-5-7-14(22)8-6-13/h2-9,12H,10-11H2,1H3,(H,23,28)(H,25,26,27). The lowest BCUT2D eigenvalue weighted by Crippen LogP contribution is -2.21. The van der Waals surface area contributed by atoms with E-state index in [0.29, 0.717) is 18.2 Å². The third-order valence-electron chi connectivity index (χ3n) is 4.40. The van der Waals surface area contributed by atoms with Crippen LogP contribution < -0.4 is 10.6 Å². The van der Waals surface area contributed by atoms with Crippen LogP contribution in [-0.4, -0.2) is 27.9 Å². The van der Waals surface area contributed by atoms with Gasteiger partial charge in [0, 0.05) is 24.2 Å². The molecule has 3 heterocycles. The summed E-state index contributed by atoms with van der Waals surface area (Å²) in [5.41, 5.74) is 2.66. The lowest BCUT2D eigenvalue weighted by Gasteiger charge is -2.10. The zero-order valence-electron chi connectivity index (χ0n) is 15.6. The average Bonchev–Trinajstić information content (AvgIpc) is 3.17. The summed E-state index contributed by atoms with van der Waals surface area (Å²) in [6, 6.07) is 12.0. The van der Waals surface area contributed by atoms with Gasteiger partial charge in [-0.2, -0.15) is 0 Å². The van der Waals surface area contributed by atoms with Crippen molar-refractivity contribution in [3.05, 3.63) is 71.4 Å². The maximum absolute atomic E-state index is 13.4. The van der Waals surface area contributed by atoms with Crippen molar-refractivity contribution in [3.63, 3.8) is 0 Å². The first-order valence-corrected chi connectivity index (χ1v) is 9.90. The maximum atomic E-state index is 13.4. The number of nitrogens with one attached hydrogen (secondary N) is 2. The highest BCUT2D eigenvalue weighted by Gasteiger charge is 2.17. The Morgan fingerprint density at radius 2 is 1.97 bits per heavy atom. The summed E-state index contributed by atoms with van der Waals surface area (Å²) < 4.78 is 13.4. The SMILES string of the molecule is CNC(=O)Cc1nc(NCc2ccccn2)c2c(-c3ccc(F)cc3)csc2n1. The largest absolute Gasteiger partial charge is 0.364 e. The zero-order valence-corrected chi connectivity index (χ0v) is 16.5. The van der Waals surface area contributed by atoms with Gasteiger partial charge in [0.1, 0.15) is 22.3 Å². The van der Waals surface area contributed by atoms with Gasteiger partial charge in [-0.25, -0.2) is 14.4 Å². The molecule has 0 aliphatic heterocycles. The fourth-order valence-electron chi connectivity index (χ4n) is 2.94. The number of carbonyl (C=O) groups is 1. The molecule has 0 aliphatic carbocycles. The van der Waals surface area contributed by atoms with Gasteiger partial charge in [-0.15, -0.1) is 11.3 Å². The summed E-state index contributed by atoms with van der Waals surface area (Å²) in [5, 5.41) is 8.74. The molecule has 2 N–H and O–H groups in total. The topological polar surface area (TPSA) is 79.8 Å². The summed E-state index contributed by atoms with van der Waals surface area (Å²) in [4.78, 5) is 26.1. The summed E-state index contributed by atoms with van der Waals surface area (Å²) in [6.07, 6.45) is 1.83. The number of likely N-dealkylation sites (N-methyl/N-ethyl adjacent to an activating group) is 1. The molecule has 0 fully saturated rings. The molecular formula is C21H18FN5OS. The molecule has 3 aromatic heterocycles. The number of rotatable bonds is 6. The van der Waals surface area contributed by atoms with Gasteiger partial charge in [0.25, 0.3) is 0 Å². The van der Waals surface area contributed by atoms with E-state index in [-0.39, 0.29) is 18.1 Å². The third-order valence-corrected chi connectivity index (χ3v) is 5.27. The average molecular weight is 407 g/mol. The minimum Gasteiger partial charge on any atom is -0.364 e. The van der Waals surface area contributed by atoms with Crippen molar-refractivity contribution in [3.8, 4) is 11.1 Å². The van der Waals surface area contributed by atoms with Gasteiger partial charge >= 0.3 is 0 Å². The Morgan fingerprint density at radius 1 is 1.14 bits per heavy atom. The van der Waals surface area contributed by atoms with Crippen molar-refractivity contribution in [2.24, 2.45) is 0 Å². The molecule has 0 aliphatic rings. The van der Waals surface area contributed by atoms with E-state index in [1.807, 2.05) is 23.6 Å². The Morgan fingerprint density at radius 3 is 2.69 bits per heavy atom. The van der Waals surface area contributed by atoms with E-state index in [1.54, 1.807) is 25.4 Å². The predicted octanol–water partition coefficient (Wildman–Crippen LogP) is 3.79. The highest BCUT2D eigenvalue weighted by Crippen LogP contribution is 2.37. The Hall–Kier alpha value is -3.39. The smallest absolute Gasteiger partial charge is 0.227 e. The van der Waals surface area contributed by atoms with Crippen LogP contribution in [-0.2, 0) is 17.8 Å². The first-order valence-electron chi connectivity index (χ1n) is 9.02. The number of pyridine rings is 1. The number of nitrogens with zero attached hydrogens (tertiary/aromatic N) is 3. The van der Waals surface area contributed by atoms with Crippen LogP contribution in [0.25, 0.3) is 21.3 Å². The Balaban J connectivity index is 1.77. The van der Waals surface area contributed by atoms with Gasteiger partial charge in [-0.3, -0.25) is 9.78 Å². The highest BCUT2D eigenvalue weighted by atomic mass is 32.1. The molecule has 0 saturated carbocycles. The van der Waals surface area contributed by atoms with Gasteiger partial charge in [0.05, 0.1) is 24.0 Å². The number of hydrogen-bond acceptors (Lipinski definition) is 6. The summed E-state index contributed by atoms with van der Waals surface area (Å²) in [6.45, 7) is 0.477. The minimum atomic E-state index is -0.286. The van der Waals surface area contributed by atoms with Crippen molar-refractivity contribution in [1.82, 2.24) is 20.3 Å². The van der Waals surface area contributed by atoms with E-state index < -0.39 is 0 Å². The number of fused-ring (bicyclic) bond motifs is 1. The molecule has 8 heteroatoms. The molecule has 4 rings (SSSR count). The Bertz CT molecular complexity index is 1150. The molecule has 1 aromatic carbocycles. The van der Waals surface area contributed by atoms with Crippen molar-refractivity contribution >= 4 is 33.3 Å². The van der Waals surface area contributed by atoms with E-state index in [0.717, 1.165) is 27.0 Å². The normalized spacial score (nSPS) is 10.8. The summed E-state index contributed by atoms with van der Waals surface area (Å²) >= 11 is 1.47. The maximum Gasteiger partial charge on any atom is 0.227 e. The number of halogens is 1. The lowest BCUT2D eigenvalue weighted by atomic mass is 10.1. The number of thiophene rings is 1. The molecule has 0 atom stereocenters. The number of aromatic nitrogens is 3. The molecule has 0 saturated heterocycles. The highest BCUT2D eigenvalue weighted by molar-refractivity contribution is 7.17. The second-order valence-electron chi connectivity index (χ2n) is 6.35. The minimum absolute atomic E-state index is 0.0918. The van der Waals surface area contributed by atoms with Crippen LogP contribution in [0.15, 0.2) is 54.0 Å². The fourth-order valence-corrected chi connectivity index (χ4v) is 3.91. The fraction of sp³-hybridized carbons (Fsp3) is 0.143. The van der Waals surface area contributed by atoms with Crippen molar-refractivity contribution in [2.45, 2.75) is 13.0 Å². The second kappa shape index (κ2) is 8.32. The van der Waals surface area contributed by atoms with Crippen LogP contribution in [0.2, 0.25) is 0 Å². The Labute approximate surface area is 170 Å². The van der Waals surface area contributed by atoms with Crippen LogP contribution in [0.1, 0.15) is 11.5 Å². The number of benzene rings is 1. The molecule has 0 spiro atoms. The van der Waals surface area contributed by atoms with Gasteiger partial charge in [-0.1, -0.05) is 18.2 Å². The van der Waals surface area contributed by atoms with E-state index in [1.165, 1.54) is 23.5 Å². The van der Waals surface area contributed by atoms with Crippen LogP contribution in [0.3, 0.4) is 0 Å². The van der Waals surface area contributed by atoms with E-state index in [4.69, 9.17) is 0 Å². The van der Waals surface area contributed by atoms with E-state index in [2.05, 4.69) is 25.6 Å². The third kappa shape index (κ3) is 4.22. The number of amides is 1. The van der Waals surface area contributed by atoms with Gasteiger partial charge in [-0.05, 0) is 29.8 Å². The van der Waals surface area contributed by atoms with Crippen LogP contribution in [0.4, 0.5) is 10.2 Å². The Kier molecular flexibility index (Phi) is 5.44. The quantitative estimate of drug-likeness (QED) is 0.508. The second-order valence-corrected chi connectivity index (χ2v) is 7.21. The van der Waals surface area contributed by atoms with Crippen LogP contribution >= 0.6 is 11.3 Å². The van der Waals surface area contributed by atoms with Gasteiger partial charge < -0.3 is 10.6 Å². The molecule has 0 radical (unpaired) electrons. The van der Waals surface area contributed by atoms with Crippen LogP contribution in [0.5, 0.6) is 0 Å². The first kappa shape index (κ1) is 18.9. The number of hydrogen-bond donors (Lipinski definition) is 2. The van der Waals surface area contributed by atoms with Gasteiger partial charge in [0.2, 0.25) is 5.91 Å². The predicted molar refractivity (Wildman–Crippen MR) is 112 cm³/mol. The molecule has 29 heavy (non-hydrogen) atoms. The van der Waals surface area contributed by atoms with Gasteiger partial charge in [0.15, 0.2) is 0 Å². The molecule has 0 unspecified atom stereocenters. The van der Waals surface area contributed by atoms with Crippen molar-refractivity contribution < 1.29 is 9.18 Å². The van der Waals surface area contributed by atoms with Crippen molar-refractivity contribution in [1.29, 1.82) is 0 Å². The van der Waals surface area contributed by atoms with Crippen molar-refractivity contribution in [2.75, 3.05) is 12.4 Å². The molecule has 0 bridgehead atoms. The monoisotopic (exact) mass is 407 g/mol. The molecule has 4 aromatic rings. The summed E-state index contributed by atoms with van der Waals surface area (Å²) in [7, 11) is 1.58. The summed E-state index contributed by atoms with van der Waals surface area (Å²) in [5.74, 6) is 0.620.